The maximum Gasteiger partial charge on any atom is 0.333 e. The Morgan fingerprint density at radius 2 is 1.55 bits per heavy atom. The van der Waals surface area contributed by atoms with Gasteiger partial charge in [-0.05, 0) is 58.4 Å². The minimum absolute atomic E-state index is 0.0482. The number of carbonyl (C=O) groups excluding carboxylic acids is 1. The summed E-state index contributed by atoms with van der Waals surface area (Å²) in [7, 11) is 1.60. The number of hydrogen-bond donors (Lipinski definition) is 0. The molecule has 3 rings (SSSR count). The number of nitrogens with zero attached hydrogens (tertiary/aromatic N) is 4. The quantitative estimate of drug-likeness (QED) is 0.633. The molecule has 0 spiro atoms. The Hall–Kier alpha value is -3.23. The van der Waals surface area contributed by atoms with Crippen molar-refractivity contribution in [1.29, 1.82) is 0 Å². The van der Waals surface area contributed by atoms with Crippen molar-refractivity contribution in [2.45, 2.75) is 46.2 Å². The molecule has 180 valence electrons. The standard InChI is InChI=1S/C24H34N4O5/c1-17(2)27-21(15-22(29)28(18(3)4)24(27)31)25-11-6-12-26(14-13-25)23(30)16-33-20-9-7-19(32-5)8-10-20/h7-10,15,17-18H,6,11-14,16H2,1-5H3. The second-order valence-corrected chi connectivity index (χ2v) is 8.74. The third-order valence-corrected chi connectivity index (χ3v) is 5.78. The zero-order chi connectivity index (χ0) is 24.1. The van der Waals surface area contributed by atoms with Crippen LogP contribution in [0.4, 0.5) is 5.82 Å². The van der Waals surface area contributed by atoms with Crippen LogP contribution in [-0.2, 0) is 4.79 Å². The van der Waals surface area contributed by atoms with Crippen molar-refractivity contribution in [3.63, 3.8) is 0 Å². The van der Waals surface area contributed by atoms with Gasteiger partial charge in [0.15, 0.2) is 6.61 Å². The highest BCUT2D eigenvalue weighted by Crippen LogP contribution is 2.19. The molecular weight excluding hydrogens is 424 g/mol. The Kier molecular flexibility index (Phi) is 7.84. The molecule has 1 saturated heterocycles. The highest BCUT2D eigenvalue weighted by Gasteiger charge is 2.24. The van der Waals surface area contributed by atoms with Crippen molar-refractivity contribution >= 4 is 11.7 Å². The Morgan fingerprint density at radius 3 is 2.15 bits per heavy atom. The molecule has 33 heavy (non-hydrogen) atoms. The smallest absolute Gasteiger partial charge is 0.333 e. The lowest BCUT2D eigenvalue weighted by Gasteiger charge is -2.28. The van der Waals surface area contributed by atoms with Gasteiger partial charge in [-0.1, -0.05) is 0 Å². The molecule has 9 heteroatoms. The van der Waals surface area contributed by atoms with Crippen molar-refractivity contribution in [3.05, 3.63) is 51.2 Å². The Balaban J connectivity index is 1.71. The minimum Gasteiger partial charge on any atom is -0.497 e. The maximum atomic E-state index is 13.1. The number of ether oxygens (including phenoxy) is 2. The van der Waals surface area contributed by atoms with Crippen molar-refractivity contribution in [2.75, 3.05) is 44.8 Å². The molecule has 1 fully saturated rings. The summed E-state index contributed by atoms with van der Waals surface area (Å²) in [5.74, 6) is 1.85. The summed E-state index contributed by atoms with van der Waals surface area (Å²) in [4.78, 5) is 42.3. The van der Waals surface area contributed by atoms with Gasteiger partial charge >= 0.3 is 5.69 Å². The Morgan fingerprint density at radius 1 is 0.909 bits per heavy atom. The van der Waals surface area contributed by atoms with Crippen LogP contribution in [0.25, 0.3) is 0 Å². The van der Waals surface area contributed by atoms with Crippen LogP contribution in [0.1, 0.15) is 46.2 Å². The first-order valence-electron chi connectivity index (χ1n) is 11.4. The zero-order valence-corrected chi connectivity index (χ0v) is 20.1. The van der Waals surface area contributed by atoms with Crippen LogP contribution in [-0.4, -0.2) is 59.8 Å². The summed E-state index contributed by atoms with van der Waals surface area (Å²) in [6.07, 6.45) is 0.730. The van der Waals surface area contributed by atoms with E-state index in [-0.39, 0.29) is 35.8 Å². The van der Waals surface area contributed by atoms with Crippen LogP contribution in [0.3, 0.4) is 0 Å². The monoisotopic (exact) mass is 458 g/mol. The van der Waals surface area contributed by atoms with E-state index in [2.05, 4.69) is 0 Å². The molecule has 1 aromatic heterocycles. The molecular formula is C24H34N4O5. The van der Waals surface area contributed by atoms with Crippen LogP contribution < -0.4 is 25.6 Å². The topological polar surface area (TPSA) is 86.0 Å². The summed E-state index contributed by atoms with van der Waals surface area (Å²) in [5.41, 5.74) is -0.598. The highest BCUT2D eigenvalue weighted by molar-refractivity contribution is 5.78. The van der Waals surface area contributed by atoms with Gasteiger partial charge in [-0.15, -0.1) is 0 Å². The molecule has 1 aliphatic heterocycles. The van der Waals surface area contributed by atoms with E-state index in [0.29, 0.717) is 37.7 Å². The zero-order valence-electron chi connectivity index (χ0n) is 20.1. The van der Waals surface area contributed by atoms with Gasteiger partial charge in [0, 0.05) is 44.3 Å². The number of methoxy groups -OCH3 is 1. The lowest BCUT2D eigenvalue weighted by atomic mass is 10.3. The van der Waals surface area contributed by atoms with Gasteiger partial charge in [0.25, 0.3) is 11.5 Å². The average molecular weight is 459 g/mol. The predicted octanol–water partition coefficient (Wildman–Crippen LogP) is 2.30. The number of amides is 1. The van der Waals surface area contributed by atoms with E-state index in [1.807, 2.05) is 32.6 Å². The minimum atomic E-state index is -0.299. The number of aromatic nitrogens is 2. The van der Waals surface area contributed by atoms with E-state index >= 15 is 0 Å². The van der Waals surface area contributed by atoms with E-state index in [4.69, 9.17) is 9.47 Å². The number of hydrogen-bond acceptors (Lipinski definition) is 6. The number of anilines is 1. The molecule has 0 aliphatic carbocycles. The molecule has 0 radical (unpaired) electrons. The van der Waals surface area contributed by atoms with Crippen LogP contribution in [0.15, 0.2) is 39.9 Å². The lowest BCUT2D eigenvalue weighted by Crippen LogP contribution is -2.45. The van der Waals surface area contributed by atoms with Gasteiger partial charge in [0.2, 0.25) is 0 Å². The van der Waals surface area contributed by atoms with Crippen molar-refractivity contribution < 1.29 is 14.3 Å². The molecule has 1 aromatic carbocycles. The van der Waals surface area contributed by atoms with E-state index in [1.165, 1.54) is 4.57 Å². The fourth-order valence-corrected chi connectivity index (χ4v) is 4.07. The molecule has 0 bridgehead atoms. The van der Waals surface area contributed by atoms with Gasteiger partial charge in [0.05, 0.1) is 7.11 Å². The fraction of sp³-hybridized carbons (Fsp3) is 0.542. The van der Waals surface area contributed by atoms with Crippen LogP contribution in [0.2, 0.25) is 0 Å². The van der Waals surface area contributed by atoms with Crippen LogP contribution in [0.5, 0.6) is 11.5 Å². The molecule has 0 saturated carbocycles. The normalized spacial score (nSPS) is 14.5. The Labute approximate surface area is 194 Å². The van der Waals surface area contributed by atoms with Gasteiger partial charge in [-0.25, -0.2) is 4.79 Å². The summed E-state index contributed by atoms with van der Waals surface area (Å²) in [6, 6.07) is 8.33. The van der Waals surface area contributed by atoms with E-state index in [9.17, 15) is 14.4 Å². The van der Waals surface area contributed by atoms with E-state index < -0.39 is 0 Å². The van der Waals surface area contributed by atoms with E-state index in [1.54, 1.807) is 46.9 Å². The SMILES string of the molecule is COc1ccc(OCC(=O)N2CCCN(c3cc(=O)n(C(C)C)c(=O)n3C(C)C)CC2)cc1. The number of benzene rings is 1. The summed E-state index contributed by atoms with van der Waals surface area (Å²) in [6.45, 7) is 9.75. The van der Waals surface area contributed by atoms with Crippen molar-refractivity contribution in [2.24, 2.45) is 0 Å². The number of carbonyl (C=O) groups is 1. The second-order valence-electron chi connectivity index (χ2n) is 8.74. The average Bonchev–Trinajstić information content (AvgIpc) is 3.03. The molecule has 0 N–H and O–H groups in total. The third-order valence-electron chi connectivity index (χ3n) is 5.78. The Bertz CT molecular complexity index is 1070. The van der Waals surface area contributed by atoms with E-state index in [0.717, 1.165) is 12.2 Å². The second kappa shape index (κ2) is 10.6. The maximum absolute atomic E-state index is 13.1. The van der Waals surface area contributed by atoms with Crippen molar-refractivity contribution in [1.82, 2.24) is 14.0 Å². The predicted molar refractivity (Wildman–Crippen MR) is 128 cm³/mol. The van der Waals surface area contributed by atoms with Gasteiger partial charge in [0.1, 0.15) is 17.3 Å². The molecule has 1 aliphatic rings. The third kappa shape index (κ3) is 5.58. The largest absolute Gasteiger partial charge is 0.497 e. The summed E-state index contributed by atoms with van der Waals surface area (Å²) >= 11 is 0. The molecule has 9 nitrogen and oxygen atoms in total. The first-order valence-corrected chi connectivity index (χ1v) is 11.4. The van der Waals surface area contributed by atoms with Gasteiger partial charge < -0.3 is 19.3 Å². The summed E-state index contributed by atoms with van der Waals surface area (Å²) in [5, 5.41) is 0. The molecule has 1 amide bonds. The molecule has 0 unspecified atom stereocenters. The van der Waals surface area contributed by atoms with Crippen LogP contribution >= 0.6 is 0 Å². The van der Waals surface area contributed by atoms with Gasteiger partial charge in [-0.3, -0.25) is 18.7 Å². The first kappa shape index (κ1) is 24.4. The van der Waals surface area contributed by atoms with Gasteiger partial charge in [-0.2, -0.15) is 0 Å². The first-order chi connectivity index (χ1) is 15.7. The lowest BCUT2D eigenvalue weighted by molar-refractivity contribution is -0.133. The van der Waals surface area contributed by atoms with Crippen LogP contribution in [0, 0.1) is 0 Å². The molecule has 2 heterocycles. The highest BCUT2D eigenvalue weighted by atomic mass is 16.5. The molecule has 2 aromatic rings. The van der Waals surface area contributed by atoms with Crippen molar-refractivity contribution in [3.8, 4) is 11.5 Å². The fourth-order valence-electron chi connectivity index (χ4n) is 4.07. The summed E-state index contributed by atoms with van der Waals surface area (Å²) < 4.78 is 13.7. The molecule has 0 atom stereocenters. The number of rotatable bonds is 7.